The van der Waals surface area contributed by atoms with E-state index in [0.29, 0.717) is 16.1 Å². The van der Waals surface area contributed by atoms with Crippen molar-refractivity contribution in [3.8, 4) is 0 Å². The number of fused-ring (bicyclic) bond motifs is 1. The average molecular weight is 431 g/mol. The molecule has 3 aromatic rings. The van der Waals surface area contributed by atoms with Crippen LogP contribution in [-0.4, -0.2) is 5.78 Å². The van der Waals surface area contributed by atoms with Gasteiger partial charge in [0.15, 0.2) is 5.78 Å². The maximum Gasteiger partial charge on any atom is 0.194 e. The van der Waals surface area contributed by atoms with E-state index in [9.17, 15) is 4.79 Å². The summed E-state index contributed by atoms with van der Waals surface area (Å²) in [6, 6.07) is 11.1. The molecule has 0 atom stereocenters. The molecule has 3 rings (SSSR count). The van der Waals surface area contributed by atoms with Crippen molar-refractivity contribution < 1.29 is 4.79 Å². The van der Waals surface area contributed by atoms with Gasteiger partial charge in [-0.15, -0.1) is 11.3 Å². The first-order chi connectivity index (χ1) is 9.56. The Morgan fingerprint density at radius 1 is 1.15 bits per heavy atom. The van der Waals surface area contributed by atoms with Crippen molar-refractivity contribution >= 4 is 70.7 Å². The number of thiophene rings is 1. The lowest BCUT2D eigenvalue weighted by Crippen LogP contribution is -2.00. The zero-order chi connectivity index (χ0) is 14.3. The van der Waals surface area contributed by atoms with Gasteiger partial charge in [-0.3, -0.25) is 4.79 Å². The van der Waals surface area contributed by atoms with Gasteiger partial charge in [0.25, 0.3) is 0 Å². The number of halogens is 3. The van der Waals surface area contributed by atoms with E-state index >= 15 is 0 Å². The molecule has 2 aromatic carbocycles. The van der Waals surface area contributed by atoms with Crippen molar-refractivity contribution in [2.45, 2.75) is 0 Å². The summed E-state index contributed by atoms with van der Waals surface area (Å²) < 4.78 is 2.89. The van der Waals surface area contributed by atoms with Crippen LogP contribution in [0.5, 0.6) is 0 Å². The van der Waals surface area contributed by atoms with Gasteiger partial charge in [-0.25, -0.2) is 0 Å². The van der Waals surface area contributed by atoms with Gasteiger partial charge in [0.05, 0.1) is 0 Å². The highest BCUT2D eigenvalue weighted by atomic mass is 79.9. The van der Waals surface area contributed by atoms with E-state index in [1.54, 1.807) is 29.5 Å². The Kier molecular flexibility index (Phi) is 4.00. The molecule has 0 amide bonds. The normalized spacial score (nSPS) is 10.9. The molecule has 0 spiro atoms. The Bertz CT molecular complexity index is 806. The van der Waals surface area contributed by atoms with E-state index in [0.717, 1.165) is 19.0 Å². The summed E-state index contributed by atoms with van der Waals surface area (Å²) in [6.07, 6.45) is 0. The van der Waals surface area contributed by atoms with Gasteiger partial charge in [-0.2, -0.15) is 0 Å². The predicted octanol–water partition coefficient (Wildman–Crippen LogP) is 6.31. The second-order valence-electron chi connectivity index (χ2n) is 4.25. The standard InChI is InChI=1S/C15H7Br2ClOS/c16-9-4-8(5-10(18)6-9)14(19)12-7-20-15-11(12)2-1-3-13(15)17/h1-7H. The minimum Gasteiger partial charge on any atom is -0.289 e. The third-order valence-corrected chi connectivity index (χ3v) is 5.55. The van der Waals surface area contributed by atoms with E-state index in [-0.39, 0.29) is 5.78 Å². The maximum atomic E-state index is 12.6. The van der Waals surface area contributed by atoms with Crippen LogP contribution in [0.3, 0.4) is 0 Å². The van der Waals surface area contributed by atoms with E-state index in [1.807, 2.05) is 23.6 Å². The molecular weight excluding hydrogens is 423 g/mol. The SMILES string of the molecule is O=C(c1cc(Cl)cc(Br)c1)c1csc2c(Br)cccc12. The highest BCUT2D eigenvalue weighted by molar-refractivity contribution is 9.11. The van der Waals surface area contributed by atoms with Crippen LogP contribution in [-0.2, 0) is 0 Å². The van der Waals surface area contributed by atoms with Crippen molar-refractivity contribution in [2.24, 2.45) is 0 Å². The van der Waals surface area contributed by atoms with Gasteiger partial charge >= 0.3 is 0 Å². The predicted molar refractivity (Wildman–Crippen MR) is 92.1 cm³/mol. The van der Waals surface area contributed by atoms with Gasteiger partial charge < -0.3 is 0 Å². The largest absolute Gasteiger partial charge is 0.289 e. The van der Waals surface area contributed by atoms with Gasteiger partial charge in [-0.1, -0.05) is 39.7 Å². The number of hydrogen-bond donors (Lipinski definition) is 0. The van der Waals surface area contributed by atoms with Crippen LogP contribution in [0.25, 0.3) is 10.1 Å². The quantitative estimate of drug-likeness (QED) is 0.436. The van der Waals surface area contributed by atoms with Crippen molar-refractivity contribution in [2.75, 3.05) is 0 Å². The molecular formula is C15H7Br2ClOS. The van der Waals surface area contributed by atoms with Crippen LogP contribution in [0, 0.1) is 0 Å². The molecule has 0 aliphatic rings. The molecule has 100 valence electrons. The van der Waals surface area contributed by atoms with Crippen LogP contribution in [0.15, 0.2) is 50.7 Å². The van der Waals surface area contributed by atoms with Crippen molar-refractivity contribution in [3.05, 3.63) is 66.9 Å². The Morgan fingerprint density at radius 3 is 2.70 bits per heavy atom. The Hall–Kier alpha value is -0.680. The maximum absolute atomic E-state index is 12.6. The molecule has 0 aliphatic carbocycles. The lowest BCUT2D eigenvalue weighted by atomic mass is 10.0. The summed E-state index contributed by atoms with van der Waals surface area (Å²) in [5, 5.41) is 3.40. The van der Waals surface area contributed by atoms with Crippen LogP contribution in [0.2, 0.25) is 5.02 Å². The molecule has 0 N–H and O–H groups in total. The molecule has 5 heteroatoms. The van der Waals surface area contributed by atoms with Crippen LogP contribution >= 0.6 is 54.8 Å². The number of hydrogen-bond acceptors (Lipinski definition) is 2. The first-order valence-electron chi connectivity index (χ1n) is 5.73. The van der Waals surface area contributed by atoms with Crippen LogP contribution < -0.4 is 0 Å². The molecule has 0 bridgehead atoms. The van der Waals surface area contributed by atoms with Gasteiger partial charge in [0, 0.05) is 40.6 Å². The molecule has 0 saturated carbocycles. The molecule has 1 aromatic heterocycles. The monoisotopic (exact) mass is 428 g/mol. The summed E-state index contributed by atoms with van der Waals surface area (Å²) >= 11 is 14.4. The van der Waals surface area contributed by atoms with E-state index in [1.165, 1.54) is 0 Å². The fraction of sp³-hybridized carbons (Fsp3) is 0. The molecule has 1 heterocycles. The lowest BCUT2D eigenvalue weighted by molar-refractivity contribution is 0.104. The Balaban J connectivity index is 2.15. The van der Waals surface area contributed by atoms with Crippen molar-refractivity contribution in [1.29, 1.82) is 0 Å². The summed E-state index contributed by atoms with van der Waals surface area (Å²) in [7, 11) is 0. The highest BCUT2D eigenvalue weighted by Crippen LogP contribution is 2.34. The first-order valence-corrected chi connectivity index (χ1v) is 8.57. The van der Waals surface area contributed by atoms with Crippen LogP contribution in [0.1, 0.15) is 15.9 Å². The van der Waals surface area contributed by atoms with Crippen molar-refractivity contribution in [3.63, 3.8) is 0 Å². The van der Waals surface area contributed by atoms with Gasteiger partial charge in [0.2, 0.25) is 0 Å². The Labute approximate surface area is 141 Å². The zero-order valence-electron chi connectivity index (χ0n) is 9.99. The number of carbonyl (C=O) groups is 1. The summed E-state index contributed by atoms with van der Waals surface area (Å²) in [5.41, 5.74) is 1.30. The van der Waals surface area contributed by atoms with Gasteiger partial charge in [-0.05, 0) is 40.2 Å². The van der Waals surface area contributed by atoms with E-state index < -0.39 is 0 Å². The van der Waals surface area contributed by atoms with Crippen LogP contribution in [0.4, 0.5) is 0 Å². The molecule has 0 saturated heterocycles. The molecule has 0 aliphatic heterocycles. The number of rotatable bonds is 2. The lowest BCUT2D eigenvalue weighted by Gasteiger charge is -2.02. The average Bonchev–Trinajstić information content (AvgIpc) is 2.82. The molecule has 0 fully saturated rings. The fourth-order valence-corrected chi connectivity index (χ4v) is 4.50. The molecule has 1 nitrogen and oxygen atoms in total. The number of ketones is 1. The molecule has 0 unspecified atom stereocenters. The number of carbonyl (C=O) groups excluding carboxylic acids is 1. The fourth-order valence-electron chi connectivity index (χ4n) is 2.04. The highest BCUT2D eigenvalue weighted by Gasteiger charge is 2.16. The summed E-state index contributed by atoms with van der Waals surface area (Å²) in [6.45, 7) is 0. The topological polar surface area (TPSA) is 17.1 Å². The Morgan fingerprint density at radius 2 is 1.95 bits per heavy atom. The third kappa shape index (κ3) is 2.58. The second-order valence-corrected chi connectivity index (χ2v) is 7.34. The van der Waals surface area contributed by atoms with Gasteiger partial charge in [0.1, 0.15) is 0 Å². The van der Waals surface area contributed by atoms with Crippen molar-refractivity contribution in [1.82, 2.24) is 0 Å². The van der Waals surface area contributed by atoms with E-state index in [2.05, 4.69) is 31.9 Å². The minimum atomic E-state index is -0.0162. The molecule has 0 radical (unpaired) electrons. The number of benzene rings is 2. The smallest absolute Gasteiger partial charge is 0.194 e. The molecule has 20 heavy (non-hydrogen) atoms. The van der Waals surface area contributed by atoms with E-state index in [4.69, 9.17) is 11.6 Å². The summed E-state index contributed by atoms with van der Waals surface area (Å²) in [5.74, 6) is -0.0162. The zero-order valence-corrected chi connectivity index (χ0v) is 14.7. The third-order valence-electron chi connectivity index (χ3n) is 2.92. The first kappa shape index (κ1) is 14.3. The minimum absolute atomic E-state index is 0.0162. The summed E-state index contributed by atoms with van der Waals surface area (Å²) in [4.78, 5) is 12.6. The second kappa shape index (κ2) is 5.60.